The number of halogens is 3. The van der Waals surface area contributed by atoms with Crippen LogP contribution in [-0.4, -0.2) is 53.3 Å². The third-order valence-corrected chi connectivity index (χ3v) is 7.90. The highest BCUT2D eigenvalue weighted by molar-refractivity contribution is 6.42. The lowest BCUT2D eigenvalue weighted by Gasteiger charge is -2.41. The third-order valence-electron chi connectivity index (χ3n) is 6.92. The van der Waals surface area contributed by atoms with E-state index in [0.29, 0.717) is 26.3 Å². The second-order valence-electron chi connectivity index (χ2n) is 9.33. The zero-order valence-electron chi connectivity index (χ0n) is 20.3. The van der Waals surface area contributed by atoms with Gasteiger partial charge in [0, 0.05) is 29.4 Å². The maximum absolute atomic E-state index is 13.7. The largest absolute Gasteiger partial charge is 0.347 e. The van der Waals surface area contributed by atoms with E-state index in [-0.39, 0.29) is 37.5 Å². The number of amides is 4. The first-order valence-corrected chi connectivity index (χ1v) is 13.4. The second-order valence-corrected chi connectivity index (χ2v) is 10.6. The van der Waals surface area contributed by atoms with Gasteiger partial charge >= 0.3 is 6.03 Å². The maximum atomic E-state index is 13.7. The molecule has 0 radical (unpaired) electrons. The van der Waals surface area contributed by atoms with Gasteiger partial charge in [-0.15, -0.1) is 0 Å². The Bertz CT molecular complexity index is 1400. The van der Waals surface area contributed by atoms with Crippen LogP contribution in [0.15, 0.2) is 66.7 Å². The molecule has 2 N–H and O–H groups in total. The van der Waals surface area contributed by atoms with Crippen molar-refractivity contribution in [3.8, 4) is 0 Å². The molecule has 1 aliphatic heterocycles. The first-order chi connectivity index (χ1) is 18.3. The molecule has 1 heterocycles. The van der Waals surface area contributed by atoms with Crippen LogP contribution in [0, 0.1) is 0 Å². The van der Waals surface area contributed by atoms with Crippen molar-refractivity contribution in [2.45, 2.75) is 24.9 Å². The van der Waals surface area contributed by atoms with Crippen molar-refractivity contribution < 1.29 is 14.4 Å². The number of carbonyl (C=O) groups is 3. The maximum Gasteiger partial charge on any atom is 0.321 e. The standard InChI is InChI=1S/C28H25Cl3N4O3/c29-19-6-3-5-18(14-19)27(37)35-13-12-34(28(38)32-20-9-10-22(30)23(31)15-20)16-25(35)26(36)33-24-11-8-17-4-1-2-7-21(17)24/h1-7,9-10,14-15,24-25H,8,11-13,16H2,(H,32,38)(H,33,36)/t24-,25-/m1/s1. The van der Waals surface area contributed by atoms with Gasteiger partial charge in [-0.3, -0.25) is 9.59 Å². The Hall–Kier alpha value is -3.26. The normalized spacial score (nSPS) is 18.6. The molecule has 3 aromatic rings. The first kappa shape index (κ1) is 26.4. The highest BCUT2D eigenvalue weighted by Crippen LogP contribution is 2.31. The molecule has 0 unspecified atom stereocenters. The number of hydrogen-bond donors (Lipinski definition) is 2. The monoisotopic (exact) mass is 570 g/mol. The third kappa shape index (κ3) is 5.60. The molecule has 1 saturated heterocycles. The van der Waals surface area contributed by atoms with Crippen LogP contribution in [0.25, 0.3) is 0 Å². The minimum atomic E-state index is -0.887. The lowest BCUT2D eigenvalue weighted by Crippen LogP contribution is -2.62. The Morgan fingerprint density at radius 2 is 1.68 bits per heavy atom. The fourth-order valence-electron chi connectivity index (χ4n) is 4.97. The summed E-state index contributed by atoms with van der Waals surface area (Å²) < 4.78 is 0. The fraction of sp³-hybridized carbons (Fsp3) is 0.250. The van der Waals surface area contributed by atoms with Gasteiger partial charge in [0.15, 0.2) is 0 Å². The number of aryl methyl sites for hydroxylation is 1. The molecule has 196 valence electrons. The van der Waals surface area contributed by atoms with E-state index in [9.17, 15) is 14.4 Å². The van der Waals surface area contributed by atoms with E-state index < -0.39 is 12.1 Å². The van der Waals surface area contributed by atoms with Gasteiger partial charge in [-0.1, -0.05) is 65.1 Å². The summed E-state index contributed by atoms with van der Waals surface area (Å²) in [6, 6.07) is 18.0. The van der Waals surface area contributed by atoms with Crippen molar-refractivity contribution in [2.75, 3.05) is 25.0 Å². The Balaban J connectivity index is 1.36. The molecule has 0 saturated carbocycles. The molecular weight excluding hydrogens is 547 g/mol. The van der Waals surface area contributed by atoms with Gasteiger partial charge in [0.1, 0.15) is 6.04 Å². The SMILES string of the molecule is O=C(N[C@@H]1CCc2ccccc21)[C@H]1CN(C(=O)Nc2ccc(Cl)c(Cl)c2)CCN1C(=O)c1cccc(Cl)c1. The van der Waals surface area contributed by atoms with Gasteiger partial charge in [-0.2, -0.15) is 0 Å². The molecule has 5 rings (SSSR count). The quantitative estimate of drug-likeness (QED) is 0.415. The highest BCUT2D eigenvalue weighted by atomic mass is 35.5. The zero-order chi connectivity index (χ0) is 26.8. The molecule has 10 heteroatoms. The number of nitrogens with one attached hydrogen (secondary N) is 2. The van der Waals surface area contributed by atoms with E-state index in [0.717, 1.165) is 18.4 Å². The number of carbonyl (C=O) groups excluding carboxylic acids is 3. The molecule has 3 aromatic carbocycles. The van der Waals surface area contributed by atoms with Gasteiger partial charge < -0.3 is 20.4 Å². The number of rotatable bonds is 4. The number of piperazine rings is 1. The summed E-state index contributed by atoms with van der Waals surface area (Å²) in [7, 11) is 0. The van der Waals surface area contributed by atoms with Crippen molar-refractivity contribution in [2.24, 2.45) is 0 Å². The van der Waals surface area contributed by atoms with Crippen molar-refractivity contribution in [3.05, 3.63) is 98.5 Å². The number of fused-ring (bicyclic) bond motifs is 1. The van der Waals surface area contributed by atoms with Crippen molar-refractivity contribution in [1.82, 2.24) is 15.1 Å². The summed E-state index contributed by atoms with van der Waals surface area (Å²) >= 11 is 18.2. The minimum Gasteiger partial charge on any atom is -0.347 e. The van der Waals surface area contributed by atoms with E-state index in [1.807, 2.05) is 18.2 Å². The van der Waals surface area contributed by atoms with Crippen LogP contribution < -0.4 is 10.6 Å². The molecule has 2 atom stereocenters. The average molecular weight is 572 g/mol. The van der Waals surface area contributed by atoms with Crippen LogP contribution >= 0.6 is 34.8 Å². The van der Waals surface area contributed by atoms with Gasteiger partial charge in [0.2, 0.25) is 5.91 Å². The minimum absolute atomic E-state index is 0.0274. The predicted molar refractivity (Wildman–Crippen MR) is 149 cm³/mol. The predicted octanol–water partition coefficient (Wildman–Crippen LogP) is 5.81. The van der Waals surface area contributed by atoms with Crippen molar-refractivity contribution >= 4 is 58.3 Å². The summed E-state index contributed by atoms with van der Waals surface area (Å²) in [6.07, 6.45) is 1.65. The lowest BCUT2D eigenvalue weighted by atomic mass is 10.1. The lowest BCUT2D eigenvalue weighted by molar-refractivity contribution is -0.127. The number of urea groups is 1. The Morgan fingerprint density at radius 3 is 2.47 bits per heavy atom. The molecule has 2 aliphatic rings. The molecule has 38 heavy (non-hydrogen) atoms. The van der Waals surface area contributed by atoms with Crippen LogP contribution in [0.3, 0.4) is 0 Å². The van der Waals surface area contributed by atoms with Crippen LogP contribution in [-0.2, 0) is 11.2 Å². The smallest absolute Gasteiger partial charge is 0.321 e. The van der Waals surface area contributed by atoms with Crippen molar-refractivity contribution in [3.63, 3.8) is 0 Å². The molecule has 0 aromatic heterocycles. The summed E-state index contributed by atoms with van der Waals surface area (Å²) in [5, 5.41) is 7.05. The van der Waals surface area contributed by atoms with Crippen molar-refractivity contribution in [1.29, 1.82) is 0 Å². The van der Waals surface area contributed by atoms with Crippen LogP contribution in [0.1, 0.15) is 33.9 Å². The molecule has 0 spiro atoms. The molecule has 7 nitrogen and oxygen atoms in total. The van der Waals surface area contributed by atoms with Crippen LogP contribution in [0.2, 0.25) is 15.1 Å². The van der Waals surface area contributed by atoms with E-state index in [1.54, 1.807) is 42.5 Å². The number of hydrogen-bond acceptors (Lipinski definition) is 3. The summed E-state index contributed by atoms with van der Waals surface area (Å²) in [5.41, 5.74) is 3.15. The summed E-state index contributed by atoms with van der Waals surface area (Å²) in [5.74, 6) is -0.627. The van der Waals surface area contributed by atoms with E-state index in [2.05, 4.69) is 16.7 Å². The molecule has 4 amide bonds. The van der Waals surface area contributed by atoms with Gasteiger partial charge in [-0.05, 0) is 60.4 Å². The number of anilines is 1. The molecule has 1 aliphatic carbocycles. The second kappa shape index (κ2) is 11.2. The van der Waals surface area contributed by atoms with Gasteiger partial charge in [0.05, 0.1) is 22.6 Å². The Morgan fingerprint density at radius 1 is 0.868 bits per heavy atom. The molecular formula is C28H25Cl3N4O3. The Labute approximate surface area is 235 Å². The topological polar surface area (TPSA) is 81.8 Å². The van der Waals surface area contributed by atoms with E-state index >= 15 is 0 Å². The number of benzene rings is 3. The van der Waals surface area contributed by atoms with Crippen LogP contribution in [0.4, 0.5) is 10.5 Å². The van der Waals surface area contributed by atoms with Crippen LogP contribution in [0.5, 0.6) is 0 Å². The number of nitrogens with zero attached hydrogens (tertiary/aromatic N) is 2. The van der Waals surface area contributed by atoms with E-state index in [1.165, 1.54) is 15.4 Å². The summed E-state index contributed by atoms with van der Waals surface area (Å²) in [6.45, 7) is 0.453. The fourth-order valence-corrected chi connectivity index (χ4v) is 5.46. The van der Waals surface area contributed by atoms with E-state index in [4.69, 9.17) is 34.8 Å². The first-order valence-electron chi connectivity index (χ1n) is 12.3. The summed E-state index contributed by atoms with van der Waals surface area (Å²) in [4.78, 5) is 43.3. The Kier molecular flexibility index (Phi) is 7.79. The highest BCUT2D eigenvalue weighted by Gasteiger charge is 2.39. The zero-order valence-corrected chi connectivity index (χ0v) is 22.6. The van der Waals surface area contributed by atoms with Gasteiger partial charge in [-0.25, -0.2) is 4.79 Å². The molecule has 0 bridgehead atoms. The average Bonchev–Trinajstić information content (AvgIpc) is 3.32. The molecule has 1 fully saturated rings. The van der Waals surface area contributed by atoms with Gasteiger partial charge in [0.25, 0.3) is 5.91 Å².